The summed E-state index contributed by atoms with van der Waals surface area (Å²) in [5, 5.41) is 17.6. The molecule has 0 aliphatic heterocycles. The zero-order valence-corrected chi connectivity index (χ0v) is 28.8. The van der Waals surface area contributed by atoms with Crippen LogP contribution >= 0.6 is 23.2 Å². The second-order valence-electron chi connectivity index (χ2n) is 11.3. The first-order valence-electron chi connectivity index (χ1n) is 15.2. The summed E-state index contributed by atoms with van der Waals surface area (Å²) in [4.78, 5) is 4.24. The van der Waals surface area contributed by atoms with Gasteiger partial charge in [0.15, 0.2) is 0 Å². The number of ether oxygens (including phenoxy) is 1. The lowest BCUT2D eigenvalue weighted by Gasteiger charge is -2.26. The second kappa shape index (κ2) is 13.5. The Labute approximate surface area is 290 Å². The van der Waals surface area contributed by atoms with Gasteiger partial charge in [0.25, 0.3) is 0 Å². The molecule has 0 amide bonds. The van der Waals surface area contributed by atoms with Gasteiger partial charge >= 0.3 is 0 Å². The van der Waals surface area contributed by atoms with E-state index in [1.807, 2.05) is 92.0 Å². The van der Waals surface area contributed by atoms with Crippen molar-refractivity contribution in [2.24, 2.45) is 5.14 Å². The fraction of sp³-hybridized carbons (Fsp3) is 0.103. The highest BCUT2D eigenvalue weighted by Crippen LogP contribution is 2.52. The van der Waals surface area contributed by atoms with Crippen molar-refractivity contribution in [3.05, 3.63) is 131 Å². The van der Waals surface area contributed by atoms with E-state index in [2.05, 4.69) is 18.0 Å². The highest BCUT2D eigenvalue weighted by Gasteiger charge is 2.27. The largest absolute Gasteiger partial charge is 0.507 e. The molecule has 1 heterocycles. The predicted molar refractivity (Wildman–Crippen MR) is 195 cm³/mol. The van der Waals surface area contributed by atoms with Crippen LogP contribution < -0.4 is 9.88 Å². The Hall–Kier alpha value is -4.66. The fourth-order valence-electron chi connectivity index (χ4n) is 6.19. The molecule has 0 bridgehead atoms. The van der Waals surface area contributed by atoms with Crippen LogP contribution in [-0.4, -0.2) is 25.6 Å². The van der Waals surface area contributed by atoms with E-state index in [9.17, 15) is 13.5 Å². The number of aromatic hydroxyl groups is 1. The summed E-state index contributed by atoms with van der Waals surface area (Å²) in [7, 11) is -2.56. The highest BCUT2D eigenvalue weighted by molar-refractivity contribution is 7.89. The standard InChI is InChI=1S/C39H32Cl2N2O4S/c1-4-24-20-30(27-12-9-15-34(47-3)38(27)28-10-5-7-13-31(28)40)39(29-11-6-8-14-32(29)41)37(36(24)26-17-16-23(2)43-22-26)25-18-19-35(33(44)21-25)48(42,45)46/h5-22,44H,4H2,1-3H3,(H2,42,45,46). The second-order valence-corrected chi connectivity index (χ2v) is 13.7. The number of pyridine rings is 1. The molecule has 6 rings (SSSR count). The van der Waals surface area contributed by atoms with E-state index in [1.54, 1.807) is 13.2 Å². The van der Waals surface area contributed by atoms with Crippen molar-refractivity contribution >= 4 is 33.2 Å². The molecule has 6 aromatic rings. The maximum Gasteiger partial charge on any atom is 0.241 e. The molecule has 0 spiro atoms. The number of nitrogens with two attached hydrogens (primary N) is 1. The maximum absolute atomic E-state index is 12.3. The average molecular weight is 696 g/mol. The molecule has 0 radical (unpaired) electrons. The minimum Gasteiger partial charge on any atom is -0.507 e. The molecular weight excluding hydrogens is 663 g/mol. The van der Waals surface area contributed by atoms with Gasteiger partial charge in [0.2, 0.25) is 10.0 Å². The molecule has 3 N–H and O–H groups in total. The van der Waals surface area contributed by atoms with Crippen molar-refractivity contribution < 1.29 is 18.3 Å². The molecule has 0 atom stereocenters. The van der Waals surface area contributed by atoms with Crippen molar-refractivity contribution in [2.75, 3.05) is 7.11 Å². The monoisotopic (exact) mass is 694 g/mol. The van der Waals surface area contributed by atoms with E-state index < -0.39 is 15.8 Å². The lowest BCUT2D eigenvalue weighted by molar-refractivity contribution is 0.416. The van der Waals surface area contributed by atoms with Crippen LogP contribution in [0.25, 0.3) is 55.6 Å². The molecule has 9 heteroatoms. The van der Waals surface area contributed by atoms with Gasteiger partial charge in [0.05, 0.1) is 7.11 Å². The molecule has 0 saturated heterocycles. The van der Waals surface area contributed by atoms with Crippen molar-refractivity contribution in [2.45, 2.75) is 25.2 Å². The Bertz CT molecular complexity index is 2290. The van der Waals surface area contributed by atoms with Gasteiger partial charge in [0, 0.05) is 44.2 Å². The summed E-state index contributed by atoms with van der Waals surface area (Å²) >= 11 is 13.9. The van der Waals surface area contributed by atoms with Gasteiger partial charge in [0.1, 0.15) is 16.4 Å². The van der Waals surface area contributed by atoms with Crippen LogP contribution in [0.3, 0.4) is 0 Å². The van der Waals surface area contributed by atoms with Crippen molar-refractivity contribution in [3.8, 4) is 67.1 Å². The SMILES string of the molecule is CCc1cc(-c2cccc(OC)c2-c2ccccc2Cl)c(-c2ccccc2Cl)c(-c2ccc(S(N)(=O)=O)c(O)c2)c1-c1ccc(C)nc1. The van der Waals surface area contributed by atoms with E-state index in [-0.39, 0.29) is 4.90 Å². The molecular formula is C39H32Cl2N2O4S. The molecule has 0 aliphatic carbocycles. The first-order valence-corrected chi connectivity index (χ1v) is 17.5. The van der Waals surface area contributed by atoms with E-state index in [0.717, 1.165) is 61.3 Å². The number of phenols is 1. The molecule has 0 unspecified atom stereocenters. The van der Waals surface area contributed by atoms with Crippen LogP contribution in [0, 0.1) is 6.92 Å². The zero-order valence-electron chi connectivity index (χ0n) is 26.5. The van der Waals surface area contributed by atoms with Gasteiger partial charge in [-0.1, -0.05) is 90.8 Å². The molecule has 0 saturated carbocycles. The van der Waals surface area contributed by atoms with Gasteiger partial charge in [-0.15, -0.1) is 0 Å². The smallest absolute Gasteiger partial charge is 0.241 e. The number of halogens is 2. The molecule has 0 aliphatic rings. The number of methoxy groups -OCH3 is 1. The van der Waals surface area contributed by atoms with Crippen LogP contribution in [0.2, 0.25) is 10.0 Å². The van der Waals surface area contributed by atoms with Gasteiger partial charge in [-0.3, -0.25) is 4.98 Å². The van der Waals surface area contributed by atoms with Gasteiger partial charge in [-0.05, 0) is 94.8 Å². The van der Waals surface area contributed by atoms with Crippen LogP contribution in [0.4, 0.5) is 0 Å². The third-order valence-corrected chi connectivity index (χ3v) is 9.98. The summed E-state index contributed by atoms with van der Waals surface area (Å²) in [6, 6.07) is 31.5. The number of hydrogen-bond donors (Lipinski definition) is 2. The summed E-state index contributed by atoms with van der Waals surface area (Å²) in [6.07, 6.45) is 2.46. The minimum atomic E-state index is -4.19. The number of hydrogen-bond acceptors (Lipinski definition) is 5. The van der Waals surface area contributed by atoms with Crippen molar-refractivity contribution in [1.82, 2.24) is 4.98 Å². The first-order chi connectivity index (χ1) is 23.0. The fourth-order valence-corrected chi connectivity index (χ4v) is 7.26. The summed E-state index contributed by atoms with van der Waals surface area (Å²) in [5.41, 5.74) is 9.61. The Balaban J connectivity index is 1.86. The molecule has 1 aromatic heterocycles. The summed E-state index contributed by atoms with van der Waals surface area (Å²) < 4.78 is 30.6. The topological polar surface area (TPSA) is 103 Å². The molecule has 0 fully saturated rings. The predicted octanol–water partition coefficient (Wildman–Crippen LogP) is 9.96. The Morgan fingerprint density at radius 1 is 0.729 bits per heavy atom. The van der Waals surface area contributed by atoms with Crippen molar-refractivity contribution in [1.29, 1.82) is 0 Å². The normalized spacial score (nSPS) is 11.5. The number of benzene rings is 5. The number of aryl methyl sites for hydroxylation is 2. The number of sulfonamides is 1. The van der Waals surface area contributed by atoms with E-state index in [4.69, 9.17) is 33.1 Å². The lowest BCUT2D eigenvalue weighted by Crippen LogP contribution is -2.12. The van der Waals surface area contributed by atoms with E-state index >= 15 is 0 Å². The molecule has 5 aromatic carbocycles. The van der Waals surface area contributed by atoms with E-state index in [1.165, 1.54) is 12.1 Å². The number of rotatable bonds is 8. The number of phenolic OH excluding ortho intramolecular Hbond substituents is 1. The quantitative estimate of drug-likeness (QED) is 0.165. The summed E-state index contributed by atoms with van der Waals surface area (Å²) in [6.45, 7) is 4.00. The third kappa shape index (κ3) is 6.18. The van der Waals surface area contributed by atoms with Crippen LogP contribution in [0.5, 0.6) is 11.5 Å². The van der Waals surface area contributed by atoms with Crippen LogP contribution in [0.15, 0.2) is 114 Å². The van der Waals surface area contributed by atoms with Gasteiger partial charge in [-0.25, -0.2) is 13.6 Å². The summed E-state index contributed by atoms with van der Waals surface area (Å²) in [5.74, 6) is 0.168. The molecule has 242 valence electrons. The van der Waals surface area contributed by atoms with E-state index in [0.29, 0.717) is 27.8 Å². The number of primary sulfonamides is 1. The Morgan fingerprint density at radius 2 is 1.35 bits per heavy atom. The third-order valence-electron chi connectivity index (χ3n) is 8.37. The average Bonchev–Trinajstić information content (AvgIpc) is 3.07. The van der Waals surface area contributed by atoms with Gasteiger partial charge < -0.3 is 9.84 Å². The lowest BCUT2D eigenvalue weighted by atomic mass is 9.78. The number of nitrogens with zero attached hydrogens (tertiary/aromatic N) is 1. The van der Waals surface area contributed by atoms with Crippen LogP contribution in [0.1, 0.15) is 18.2 Å². The van der Waals surface area contributed by atoms with Gasteiger partial charge in [-0.2, -0.15) is 0 Å². The Morgan fingerprint density at radius 3 is 1.92 bits per heavy atom. The Kier molecular flexibility index (Phi) is 9.32. The number of aromatic nitrogens is 1. The highest BCUT2D eigenvalue weighted by atomic mass is 35.5. The first kappa shape index (κ1) is 33.2. The molecule has 48 heavy (non-hydrogen) atoms. The minimum absolute atomic E-state index is 0.371. The van der Waals surface area contributed by atoms with Crippen LogP contribution in [-0.2, 0) is 16.4 Å². The zero-order chi connectivity index (χ0) is 34.2. The molecule has 6 nitrogen and oxygen atoms in total. The van der Waals surface area contributed by atoms with Crippen molar-refractivity contribution in [3.63, 3.8) is 0 Å². The maximum atomic E-state index is 12.3.